The van der Waals surface area contributed by atoms with Crippen LogP contribution in [0.1, 0.15) is 22.3 Å². The molecule has 1 heteroatoms. The first-order valence-corrected chi connectivity index (χ1v) is 23.0. The summed E-state index contributed by atoms with van der Waals surface area (Å²) in [4.78, 5) is 0. The minimum atomic E-state index is -0.508. The number of hydrogen-bond donors (Lipinski definition) is 0. The van der Waals surface area contributed by atoms with Crippen LogP contribution in [-0.2, 0) is 5.41 Å². The summed E-state index contributed by atoms with van der Waals surface area (Å²) in [6, 6.07) is 92.7. The molecule has 1 aromatic heterocycles. The van der Waals surface area contributed by atoms with Crippen molar-refractivity contribution in [1.82, 2.24) is 4.57 Å². The van der Waals surface area contributed by atoms with Gasteiger partial charge in [0.05, 0.1) is 16.4 Å². The number of fused-ring (bicyclic) bond motifs is 13. The SMILES string of the molecule is c1ccc(C2(c3ccccc3)c3ccccc3-c3ccc(-n4c5ccc6ccccc6c5c5c6ccccc6c(-c6ccc(-c7cc8ccccc8c8ccccc78)cc6)cc54)cc32)cc1. The van der Waals surface area contributed by atoms with E-state index < -0.39 is 5.41 Å². The van der Waals surface area contributed by atoms with Gasteiger partial charge >= 0.3 is 0 Å². The quantitative estimate of drug-likeness (QED) is 0.152. The number of rotatable bonds is 5. The Morgan fingerprint density at radius 2 is 0.788 bits per heavy atom. The standard InChI is InChI=1S/C65H41N/c1-3-19-46(20-4-1)65(47-21-5-2-6-22-47)59-30-16-15-28-54(59)55-37-36-48(40-60(55)65)66-61-38-35-42-17-7-10-24-50(42)63(61)64-56-29-14-13-27-53(56)58(41-62(64)66)44-33-31-43(32-34-44)57-39-45-18-8-9-23-49(45)51-25-11-12-26-52(51)57/h1-41H. The second kappa shape index (κ2) is 14.2. The molecule has 0 spiro atoms. The highest BCUT2D eigenvalue weighted by atomic mass is 15.0. The molecule has 1 heterocycles. The van der Waals surface area contributed by atoms with Crippen molar-refractivity contribution in [1.29, 1.82) is 0 Å². The number of nitrogens with zero attached hydrogens (tertiary/aromatic N) is 1. The van der Waals surface area contributed by atoms with E-state index >= 15 is 0 Å². The number of benzene rings is 12. The van der Waals surface area contributed by atoms with E-state index in [4.69, 9.17) is 0 Å². The first kappa shape index (κ1) is 36.9. The Morgan fingerprint density at radius 3 is 1.50 bits per heavy atom. The third kappa shape index (κ3) is 5.17. The van der Waals surface area contributed by atoms with Crippen molar-refractivity contribution < 1.29 is 0 Å². The Hall–Kier alpha value is -8.52. The van der Waals surface area contributed by atoms with E-state index in [1.54, 1.807) is 0 Å². The van der Waals surface area contributed by atoms with Crippen LogP contribution in [0.25, 0.3) is 104 Å². The summed E-state index contributed by atoms with van der Waals surface area (Å²) in [6.07, 6.45) is 0. The Labute approximate surface area is 383 Å². The fraction of sp³-hybridized carbons (Fsp3) is 0.0154. The van der Waals surface area contributed by atoms with Gasteiger partial charge in [0.15, 0.2) is 0 Å². The van der Waals surface area contributed by atoms with Crippen LogP contribution in [0.3, 0.4) is 0 Å². The monoisotopic (exact) mass is 835 g/mol. The molecule has 0 saturated heterocycles. The molecule has 1 aliphatic rings. The molecule has 12 aromatic carbocycles. The Kier molecular flexibility index (Phi) is 7.97. The molecule has 0 saturated carbocycles. The second-order valence-corrected chi connectivity index (χ2v) is 17.9. The van der Waals surface area contributed by atoms with Gasteiger partial charge in [0.2, 0.25) is 0 Å². The zero-order chi connectivity index (χ0) is 43.3. The molecule has 13 aromatic rings. The first-order chi connectivity index (χ1) is 32.8. The van der Waals surface area contributed by atoms with Crippen LogP contribution < -0.4 is 0 Å². The topological polar surface area (TPSA) is 4.93 Å². The van der Waals surface area contributed by atoms with Crippen LogP contribution in [0, 0.1) is 0 Å². The average Bonchev–Trinajstić information content (AvgIpc) is 3.89. The maximum Gasteiger partial charge on any atom is 0.0714 e. The van der Waals surface area contributed by atoms with Gasteiger partial charge in [-0.15, -0.1) is 0 Å². The van der Waals surface area contributed by atoms with Gasteiger partial charge in [-0.3, -0.25) is 0 Å². The second-order valence-electron chi connectivity index (χ2n) is 17.9. The van der Waals surface area contributed by atoms with Gasteiger partial charge in [0.1, 0.15) is 0 Å². The van der Waals surface area contributed by atoms with E-state index in [-0.39, 0.29) is 0 Å². The molecule has 0 fully saturated rings. The molecule has 14 rings (SSSR count). The molecule has 0 N–H and O–H groups in total. The Bertz CT molecular complexity index is 4040. The lowest BCUT2D eigenvalue weighted by Crippen LogP contribution is -2.28. The molecule has 306 valence electrons. The Balaban J connectivity index is 1.04. The van der Waals surface area contributed by atoms with Crippen LogP contribution in [0.5, 0.6) is 0 Å². The summed E-state index contributed by atoms with van der Waals surface area (Å²) in [5.74, 6) is 0. The highest BCUT2D eigenvalue weighted by molar-refractivity contribution is 6.30. The third-order valence-corrected chi connectivity index (χ3v) is 14.6. The maximum atomic E-state index is 2.55. The lowest BCUT2D eigenvalue weighted by molar-refractivity contribution is 0.767. The summed E-state index contributed by atoms with van der Waals surface area (Å²) in [5, 5.41) is 12.7. The van der Waals surface area contributed by atoms with Crippen molar-refractivity contribution in [2.75, 3.05) is 0 Å². The minimum Gasteiger partial charge on any atom is -0.309 e. The van der Waals surface area contributed by atoms with Crippen molar-refractivity contribution in [3.05, 3.63) is 271 Å². The normalized spacial score (nSPS) is 13.0. The van der Waals surface area contributed by atoms with Gasteiger partial charge in [-0.2, -0.15) is 0 Å². The molecule has 0 aliphatic heterocycles. The average molecular weight is 836 g/mol. The highest BCUT2D eigenvalue weighted by Gasteiger charge is 2.46. The lowest BCUT2D eigenvalue weighted by Gasteiger charge is -2.34. The van der Waals surface area contributed by atoms with E-state index in [1.165, 1.54) is 121 Å². The minimum absolute atomic E-state index is 0.508. The first-order valence-electron chi connectivity index (χ1n) is 23.0. The van der Waals surface area contributed by atoms with Gasteiger partial charge in [-0.05, 0) is 129 Å². The van der Waals surface area contributed by atoms with Gasteiger partial charge in [-0.25, -0.2) is 0 Å². The lowest BCUT2D eigenvalue weighted by atomic mass is 9.67. The van der Waals surface area contributed by atoms with Crippen LogP contribution in [0.2, 0.25) is 0 Å². The van der Waals surface area contributed by atoms with Gasteiger partial charge in [-0.1, -0.05) is 218 Å². The molecular weight excluding hydrogens is 795 g/mol. The van der Waals surface area contributed by atoms with Crippen LogP contribution in [0.15, 0.2) is 249 Å². The van der Waals surface area contributed by atoms with Gasteiger partial charge in [0, 0.05) is 16.5 Å². The molecule has 1 aliphatic carbocycles. The summed E-state index contributed by atoms with van der Waals surface area (Å²) < 4.78 is 2.55. The van der Waals surface area contributed by atoms with Crippen LogP contribution in [-0.4, -0.2) is 4.57 Å². The highest BCUT2D eigenvalue weighted by Crippen LogP contribution is 2.57. The molecule has 0 unspecified atom stereocenters. The van der Waals surface area contributed by atoms with Crippen molar-refractivity contribution >= 4 is 64.9 Å². The molecule has 66 heavy (non-hydrogen) atoms. The van der Waals surface area contributed by atoms with Gasteiger partial charge in [0.25, 0.3) is 0 Å². The Morgan fingerprint density at radius 1 is 0.273 bits per heavy atom. The fourth-order valence-electron chi connectivity index (χ4n) is 11.8. The van der Waals surface area contributed by atoms with Crippen molar-refractivity contribution in [3.8, 4) is 39.1 Å². The molecule has 0 radical (unpaired) electrons. The molecule has 1 nitrogen and oxygen atoms in total. The van der Waals surface area contributed by atoms with E-state index in [0.29, 0.717) is 0 Å². The molecule has 0 atom stereocenters. The summed E-state index contributed by atoms with van der Waals surface area (Å²) in [5.41, 5.74) is 15.6. The van der Waals surface area contributed by atoms with Crippen LogP contribution in [0.4, 0.5) is 0 Å². The van der Waals surface area contributed by atoms with E-state index in [1.807, 2.05) is 0 Å². The summed E-state index contributed by atoms with van der Waals surface area (Å²) in [6.45, 7) is 0. The largest absolute Gasteiger partial charge is 0.309 e. The molecule has 0 amide bonds. The summed E-state index contributed by atoms with van der Waals surface area (Å²) in [7, 11) is 0. The van der Waals surface area contributed by atoms with Gasteiger partial charge < -0.3 is 4.57 Å². The molecule has 0 bridgehead atoms. The predicted octanol–water partition coefficient (Wildman–Crippen LogP) is 17.1. The smallest absolute Gasteiger partial charge is 0.0714 e. The zero-order valence-electron chi connectivity index (χ0n) is 36.1. The summed E-state index contributed by atoms with van der Waals surface area (Å²) >= 11 is 0. The predicted molar refractivity (Wildman–Crippen MR) is 279 cm³/mol. The third-order valence-electron chi connectivity index (χ3n) is 14.6. The van der Waals surface area contributed by atoms with Crippen LogP contribution >= 0.6 is 0 Å². The van der Waals surface area contributed by atoms with Crippen molar-refractivity contribution in [3.63, 3.8) is 0 Å². The fourth-order valence-corrected chi connectivity index (χ4v) is 11.8. The maximum absolute atomic E-state index is 2.55. The zero-order valence-corrected chi connectivity index (χ0v) is 36.1. The molecular formula is C65H41N. The van der Waals surface area contributed by atoms with Crippen molar-refractivity contribution in [2.24, 2.45) is 0 Å². The number of hydrogen-bond acceptors (Lipinski definition) is 0. The van der Waals surface area contributed by atoms with E-state index in [0.717, 1.165) is 5.69 Å². The van der Waals surface area contributed by atoms with E-state index in [2.05, 4.69) is 253 Å². The van der Waals surface area contributed by atoms with E-state index in [9.17, 15) is 0 Å². The number of aromatic nitrogens is 1. The van der Waals surface area contributed by atoms with Crippen molar-refractivity contribution in [2.45, 2.75) is 5.41 Å².